The molecule has 1 N–H and O–H groups in total. The highest BCUT2D eigenvalue weighted by atomic mass is 32.1. The molecule has 0 unspecified atom stereocenters. The quantitative estimate of drug-likeness (QED) is 0.737. The Kier molecular flexibility index (Phi) is 4.71. The Labute approximate surface area is 145 Å². The molecule has 0 saturated carbocycles. The minimum Gasteiger partial charge on any atom is -0.321 e. The summed E-state index contributed by atoms with van der Waals surface area (Å²) < 4.78 is 3.95. The van der Waals surface area contributed by atoms with E-state index >= 15 is 0 Å². The number of aromatic nitrogens is 2. The van der Waals surface area contributed by atoms with Gasteiger partial charge in [-0.15, -0.1) is 5.10 Å². The summed E-state index contributed by atoms with van der Waals surface area (Å²) in [6.07, 6.45) is 0. The number of hydrogen-bond donors (Lipinski definition) is 1. The second kappa shape index (κ2) is 6.93. The molecular formula is C19H19N3OS. The molecule has 0 fully saturated rings. The molecule has 0 saturated heterocycles. The summed E-state index contributed by atoms with van der Waals surface area (Å²) in [7, 11) is 0. The first-order valence-corrected chi connectivity index (χ1v) is 8.62. The second-order valence-electron chi connectivity index (χ2n) is 6.05. The van der Waals surface area contributed by atoms with Crippen LogP contribution in [0.1, 0.15) is 40.6 Å². The van der Waals surface area contributed by atoms with Gasteiger partial charge in [0.2, 0.25) is 0 Å². The average Bonchev–Trinajstić information content (AvgIpc) is 3.06. The van der Waals surface area contributed by atoms with Crippen molar-refractivity contribution in [3.05, 3.63) is 64.5 Å². The molecule has 5 heteroatoms. The van der Waals surface area contributed by atoms with E-state index in [1.54, 1.807) is 0 Å². The molecule has 3 aromatic rings. The lowest BCUT2D eigenvalue weighted by Gasteiger charge is -2.08. The third-order valence-corrected chi connectivity index (χ3v) is 4.58. The van der Waals surface area contributed by atoms with Gasteiger partial charge in [0.15, 0.2) is 0 Å². The fraction of sp³-hybridized carbons (Fsp3) is 0.211. The highest BCUT2D eigenvalue weighted by Crippen LogP contribution is 2.25. The molecule has 24 heavy (non-hydrogen) atoms. The fourth-order valence-electron chi connectivity index (χ4n) is 2.38. The summed E-state index contributed by atoms with van der Waals surface area (Å²) >= 11 is 1.11. The van der Waals surface area contributed by atoms with Gasteiger partial charge >= 0.3 is 0 Å². The number of nitrogens with zero attached hydrogens (tertiary/aromatic N) is 2. The van der Waals surface area contributed by atoms with E-state index in [0.29, 0.717) is 16.5 Å². The van der Waals surface area contributed by atoms with Crippen LogP contribution in [0.3, 0.4) is 0 Å². The van der Waals surface area contributed by atoms with Gasteiger partial charge in [0.05, 0.1) is 0 Å². The van der Waals surface area contributed by atoms with Crippen molar-refractivity contribution >= 4 is 23.1 Å². The number of aryl methyl sites for hydroxylation is 1. The third-order valence-electron chi connectivity index (χ3n) is 3.85. The molecule has 4 nitrogen and oxygen atoms in total. The first-order valence-electron chi connectivity index (χ1n) is 7.85. The molecule has 0 radical (unpaired) electrons. The van der Waals surface area contributed by atoms with Crippen molar-refractivity contribution in [2.24, 2.45) is 0 Å². The van der Waals surface area contributed by atoms with Crippen LogP contribution >= 0.6 is 11.5 Å². The molecule has 0 atom stereocenters. The van der Waals surface area contributed by atoms with Gasteiger partial charge in [-0.25, -0.2) is 0 Å². The highest BCUT2D eigenvalue weighted by Gasteiger charge is 2.18. The topological polar surface area (TPSA) is 54.9 Å². The predicted octanol–water partition coefficient (Wildman–Crippen LogP) is 4.89. The summed E-state index contributed by atoms with van der Waals surface area (Å²) in [5, 5.41) is 7.05. The van der Waals surface area contributed by atoms with Gasteiger partial charge in [-0.05, 0) is 42.1 Å². The molecule has 1 heterocycles. The Morgan fingerprint density at radius 3 is 2.33 bits per heavy atom. The first kappa shape index (κ1) is 16.3. The molecule has 1 amide bonds. The SMILES string of the molecule is Cc1ccc(-c2nnsc2C(=O)Nc2ccc(C(C)C)cc2)cc1. The number of carbonyl (C=O) groups excluding carboxylic acids is 1. The van der Waals surface area contributed by atoms with Crippen LogP contribution < -0.4 is 5.32 Å². The van der Waals surface area contributed by atoms with E-state index in [0.717, 1.165) is 28.3 Å². The van der Waals surface area contributed by atoms with Crippen LogP contribution in [0, 0.1) is 6.92 Å². The number of nitrogens with one attached hydrogen (secondary N) is 1. The summed E-state index contributed by atoms with van der Waals surface area (Å²) in [5.41, 5.74) is 4.70. The smallest absolute Gasteiger partial charge is 0.269 e. The Bertz CT molecular complexity index is 836. The van der Waals surface area contributed by atoms with E-state index in [4.69, 9.17) is 0 Å². The van der Waals surface area contributed by atoms with E-state index in [2.05, 4.69) is 28.8 Å². The highest BCUT2D eigenvalue weighted by molar-refractivity contribution is 7.08. The van der Waals surface area contributed by atoms with Gasteiger partial charge < -0.3 is 5.32 Å². The van der Waals surface area contributed by atoms with E-state index in [9.17, 15) is 4.79 Å². The summed E-state index contributed by atoms with van der Waals surface area (Å²) in [6, 6.07) is 15.8. The summed E-state index contributed by atoms with van der Waals surface area (Å²) in [6.45, 7) is 6.31. The van der Waals surface area contributed by atoms with Crippen molar-refractivity contribution in [2.45, 2.75) is 26.7 Å². The van der Waals surface area contributed by atoms with E-state index in [-0.39, 0.29) is 5.91 Å². The van der Waals surface area contributed by atoms with E-state index in [1.165, 1.54) is 5.56 Å². The first-order chi connectivity index (χ1) is 11.5. The summed E-state index contributed by atoms with van der Waals surface area (Å²) in [5.74, 6) is 0.284. The Morgan fingerprint density at radius 1 is 1.04 bits per heavy atom. The molecule has 1 aromatic heterocycles. The monoisotopic (exact) mass is 337 g/mol. The second-order valence-corrected chi connectivity index (χ2v) is 6.80. The lowest BCUT2D eigenvalue weighted by molar-refractivity contribution is 0.103. The molecule has 0 spiro atoms. The Hall–Kier alpha value is -2.53. The normalized spacial score (nSPS) is 10.8. The zero-order valence-electron chi connectivity index (χ0n) is 13.9. The molecule has 0 aliphatic carbocycles. The van der Waals surface area contributed by atoms with Crippen molar-refractivity contribution < 1.29 is 4.79 Å². The standard InChI is InChI=1S/C19H19N3OS/c1-12(2)14-8-10-16(11-9-14)20-19(23)18-17(21-22-24-18)15-6-4-13(3)5-7-15/h4-12H,1-3H3,(H,20,23). The predicted molar refractivity (Wildman–Crippen MR) is 98.6 cm³/mol. The zero-order chi connectivity index (χ0) is 17.1. The largest absolute Gasteiger partial charge is 0.321 e. The number of hydrogen-bond acceptors (Lipinski definition) is 4. The number of anilines is 1. The van der Waals surface area contributed by atoms with Gasteiger partial charge in [0, 0.05) is 11.3 Å². The van der Waals surface area contributed by atoms with Gasteiger partial charge in [-0.2, -0.15) is 0 Å². The zero-order valence-corrected chi connectivity index (χ0v) is 14.7. The maximum Gasteiger partial charge on any atom is 0.269 e. The molecule has 122 valence electrons. The van der Waals surface area contributed by atoms with Crippen molar-refractivity contribution in [2.75, 3.05) is 5.32 Å². The third kappa shape index (κ3) is 3.51. The average molecular weight is 337 g/mol. The molecule has 3 rings (SSSR count). The van der Waals surface area contributed by atoms with Crippen LogP contribution in [0.15, 0.2) is 48.5 Å². The lowest BCUT2D eigenvalue weighted by atomic mass is 10.0. The number of carbonyl (C=O) groups is 1. The van der Waals surface area contributed by atoms with Crippen LogP contribution in [0.2, 0.25) is 0 Å². The minimum absolute atomic E-state index is 0.183. The maximum absolute atomic E-state index is 12.6. The lowest BCUT2D eigenvalue weighted by Crippen LogP contribution is -2.11. The van der Waals surface area contributed by atoms with Crippen molar-refractivity contribution in [3.63, 3.8) is 0 Å². The van der Waals surface area contributed by atoms with Crippen molar-refractivity contribution in [1.29, 1.82) is 0 Å². The van der Waals surface area contributed by atoms with Gasteiger partial charge in [-0.3, -0.25) is 4.79 Å². The molecule has 0 bridgehead atoms. The maximum atomic E-state index is 12.6. The van der Waals surface area contributed by atoms with Gasteiger partial charge in [-0.1, -0.05) is 60.3 Å². The van der Waals surface area contributed by atoms with Gasteiger partial charge in [0.25, 0.3) is 5.91 Å². The Balaban J connectivity index is 1.81. The van der Waals surface area contributed by atoms with Crippen LogP contribution in [-0.4, -0.2) is 15.5 Å². The van der Waals surface area contributed by atoms with E-state index < -0.39 is 0 Å². The van der Waals surface area contributed by atoms with Crippen LogP contribution in [-0.2, 0) is 0 Å². The molecule has 0 aliphatic heterocycles. The van der Waals surface area contributed by atoms with Gasteiger partial charge in [0.1, 0.15) is 10.6 Å². The van der Waals surface area contributed by atoms with E-state index in [1.807, 2.05) is 55.5 Å². The summed E-state index contributed by atoms with van der Waals surface area (Å²) in [4.78, 5) is 13.1. The molecular weight excluding hydrogens is 318 g/mol. The number of rotatable bonds is 4. The number of amides is 1. The Morgan fingerprint density at radius 2 is 1.71 bits per heavy atom. The van der Waals surface area contributed by atoms with Crippen LogP contribution in [0.5, 0.6) is 0 Å². The fourth-order valence-corrected chi connectivity index (χ4v) is 2.96. The van der Waals surface area contributed by atoms with Crippen molar-refractivity contribution in [1.82, 2.24) is 9.59 Å². The molecule has 2 aromatic carbocycles. The minimum atomic E-state index is -0.183. The van der Waals surface area contributed by atoms with Crippen LogP contribution in [0.4, 0.5) is 5.69 Å². The number of benzene rings is 2. The van der Waals surface area contributed by atoms with Crippen LogP contribution in [0.25, 0.3) is 11.3 Å². The molecule has 0 aliphatic rings. The van der Waals surface area contributed by atoms with Crippen molar-refractivity contribution in [3.8, 4) is 11.3 Å².